The fourth-order valence-corrected chi connectivity index (χ4v) is 7.57. The van der Waals surface area contributed by atoms with Gasteiger partial charge < -0.3 is 31.3 Å². The summed E-state index contributed by atoms with van der Waals surface area (Å²) in [5, 5.41) is 27.0. The number of nitrogens with two attached hydrogens (primary N) is 1. The molecule has 14 nitrogen and oxygen atoms in total. The third-order valence-corrected chi connectivity index (χ3v) is 9.40. The summed E-state index contributed by atoms with van der Waals surface area (Å²) in [6, 6.07) is -0.769. The third kappa shape index (κ3) is 5.01. The van der Waals surface area contributed by atoms with E-state index >= 15 is 0 Å². The summed E-state index contributed by atoms with van der Waals surface area (Å²) in [5.74, 6) is -2.41. The van der Waals surface area contributed by atoms with E-state index in [1.165, 1.54) is 27.7 Å². The average molecular weight is 548 g/mol. The Morgan fingerprint density at radius 1 is 1.37 bits per heavy atom. The molecule has 38 heavy (non-hydrogen) atoms. The summed E-state index contributed by atoms with van der Waals surface area (Å²) < 4.78 is 1.28. The summed E-state index contributed by atoms with van der Waals surface area (Å²) in [5.41, 5.74) is 5.96. The Hall–Kier alpha value is -3.04. The van der Waals surface area contributed by atoms with E-state index in [9.17, 15) is 24.3 Å². The second-order valence-electron chi connectivity index (χ2n) is 10.6. The van der Waals surface area contributed by atoms with E-state index in [2.05, 4.69) is 26.2 Å². The first-order valence-electron chi connectivity index (χ1n) is 12.9. The van der Waals surface area contributed by atoms with E-state index in [-0.39, 0.29) is 59.3 Å². The van der Waals surface area contributed by atoms with Crippen molar-refractivity contribution in [1.82, 2.24) is 40.6 Å². The van der Waals surface area contributed by atoms with E-state index < -0.39 is 17.9 Å². The number of carboxylic acids is 1. The zero-order valence-corrected chi connectivity index (χ0v) is 22.1. The number of hydrogen-bond donors (Lipinski definition) is 4. The van der Waals surface area contributed by atoms with Crippen molar-refractivity contribution in [3.8, 4) is 0 Å². The van der Waals surface area contributed by atoms with Crippen LogP contribution in [-0.4, -0.2) is 108 Å². The molecular formula is C23H33N9O5S. The zero-order chi connectivity index (χ0) is 27.1. The fourth-order valence-electron chi connectivity index (χ4n) is 6.05. The number of thioether (sulfide) groups is 1. The maximum atomic E-state index is 13.1. The summed E-state index contributed by atoms with van der Waals surface area (Å²) in [4.78, 5) is 54.3. The van der Waals surface area contributed by atoms with Gasteiger partial charge in [0.2, 0.25) is 17.7 Å². The monoisotopic (exact) mass is 547 g/mol. The van der Waals surface area contributed by atoms with Crippen molar-refractivity contribution in [2.24, 2.45) is 17.6 Å². The topological polar surface area (TPSA) is 189 Å². The molecule has 0 bridgehead atoms. The van der Waals surface area contributed by atoms with E-state index in [1.807, 2.05) is 11.8 Å². The van der Waals surface area contributed by atoms with Crippen molar-refractivity contribution in [2.75, 3.05) is 19.6 Å². The average Bonchev–Trinajstić information content (AvgIpc) is 3.64. The molecule has 0 radical (unpaired) electrons. The van der Waals surface area contributed by atoms with E-state index in [1.54, 1.807) is 6.92 Å². The molecule has 5 rings (SSSR count). The number of carbonyl (C=O) groups excluding carboxylic acids is 3. The minimum atomic E-state index is -1.13. The number of fused-ring (bicyclic) bond motifs is 1. The highest BCUT2D eigenvalue weighted by Gasteiger charge is 2.60. The Kier molecular flexibility index (Phi) is 7.42. The number of carboxylic acid groups (broad SMARTS) is 1. The van der Waals surface area contributed by atoms with Crippen molar-refractivity contribution < 1.29 is 24.3 Å². The summed E-state index contributed by atoms with van der Waals surface area (Å²) in [6.45, 7) is 5.55. The Balaban J connectivity index is 1.20. The number of nitrogens with zero attached hydrogens (tertiary/aromatic N) is 6. The van der Waals surface area contributed by atoms with Gasteiger partial charge in [0.05, 0.1) is 12.0 Å². The molecule has 1 aromatic heterocycles. The van der Waals surface area contributed by atoms with Crippen LogP contribution < -0.4 is 16.4 Å². The van der Waals surface area contributed by atoms with E-state index in [0.717, 1.165) is 12.8 Å². The number of amides is 3. The third-order valence-electron chi connectivity index (χ3n) is 7.89. The lowest BCUT2D eigenvalue weighted by atomic mass is 9.78. The number of hydrogen-bond acceptors (Lipinski definition) is 10. The van der Waals surface area contributed by atoms with Gasteiger partial charge in [-0.3, -0.25) is 14.4 Å². The minimum Gasteiger partial charge on any atom is -0.477 e. The van der Waals surface area contributed by atoms with Crippen molar-refractivity contribution in [1.29, 1.82) is 0 Å². The number of rotatable bonds is 9. The number of tetrazole rings is 1. The second kappa shape index (κ2) is 10.6. The lowest BCUT2D eigenvalue weighted by Crippen LogP contribution is -2.66. The highest BCUT2D eigenvalue weighted by Crippen LogP contribution is 2.51. The predicted octanol–water partition coefficient (Wildman–Crippen LogP) is -1.64. The summed E-state index contributed by atoms with van der Waals surface area (Å²) in [7, 11) is 0. The number of aliphatic carboxylic acids is 1. The van der Waals surface area contributed by atoms with Gasteiger partial charge in [0.1, 0.15) is 18.6 Å². The van der Waals surface area contributed by atoms with Gasteiger partial charge in [-0.05, 0) is 30.2 Å². The van der Waals surface area contributed by atoms with Crippen LogP contribution in [0.15, 0.2) is 16.9 Å². The van der Waals surface area contributed by atoms with Gasteiger partial charge in [-0.15, -0.1) is 16.9 Å². The van der Waals surface area contributed by atoms with Crippen LogP contribution in [0.5, 0.6) is 0 Å². The Labute approximate surface area is 223 Å². The number of β-lactam (4-membered cyclic amide) rings is 1. The van der Waals surface area contributed by atoms with Gasteiger partial charge in [-0.25, -0.2) is 9.48 Å². The number of carbonyl (C=O) groups is 4. The zero-order valence-electron chi connectivity index (χ0n) is 21.3. The maximum Gasteiger partial charge on any atom is 0.353 e. The molecule has 3 fully saturated rings. The summed E-state index contributed by atoms with van der Waals surface area (Å²) >= 11 is 1.49. The molecule has 3 saturated heterocycles. The Morgan fingerprint density at radius 3 is 2.82 bits per heavy atom. The maximum absolute atomic E-state index is 13.1. The molecule has 0 saturated carbocycles. The molecule has 7 atom stereocenters. The molecule has 5 N–H and O–H groups in total. The fraction of sp³-hybridized carbons (Fsp3) is 0.696. The van der Waals surface area contributed by atoms with Crippen LogP contribution in [0, 0.1) is 11.8 Å². The van der Waals surface area contributed by atoms with Crippen molar-refractivity contribution in [3.63, 3.8) is 0 Å². The lowest BCUT2D eigenvalue weighted by molar-refractivity contribution is -0.158. The molecule has 3 amide bonds. The van der Waals surface area contributed by atoms with Crippen LogP contribution >= 0.6 is 11.8 Å². The SMILES string of the molecule is C[C@@H](NC(=O)Cn1cnnn1)[C@H]1C(=O)N2C(C(=O)O)=C(S[C@@H]3CN[C@H](CC(=O)N4CC[C@H](N)C4)C3)[C@H](C)[C@H]12. The first-order chi connectivity index (χ1) is 18.1. The molecule has 0 aliphatic carbocycles. The number of likely N-dealkylation sites (tertiary alicyclic amines) is 1. The highest BCUT2D eigenvalue weighted by atomic mass is 32.2. The van der Waals surface area contributed by atoms with Gasteiger partial charge in [0.15, 0.2) is 0 Å². The first-order valence-corrected chi connectivity index (χ1v) is 13.8. The second-order valence-corrected chi connectivity index (χ2v) is 11.9. The molecule has 4 aliphatic heterocycles. The Bertz CT molecular complexity index is 1140. The normalized spacial score (nSPS) is 31.4. The van der Waals surface area contributed by atoms with E-state index in [4.69, 9.17) is 5.73 Å². The van der Waals surface area contributed by atoms with Crippen molar-refractivity contribution >= 4 is 35.5 Å². The largest absolute Gasteiger partial charge is 0.477 e. The first kappa shape index (κ1) is 26.6. The van der Waals surface area contributed by atoms with Gasteiger partial charge in [0, 0.05) is 60.3 Å². The van der Waals surface area contributed by atoms with Gasteiger partial charge in [0.25, 0.3) is 0 Å². The molecule has 206 valence electrons. The van der Waals surface area contributed by atoms with Crippen LogP contribution in [0.1, 0.15) is 33.1 Å². The molecule has 0 spiro atoms. The molecular weight excluding hydrogens is 514 g/mol. The molecule has 15 heteroatoms. The highest BCUT2D eigenvalue weighted by molar-refractivity contribution is 8.03. The minimum absolute atomic E-state index is 0.0178. The molecule has 0 unspecified atom stereocenters. The smallest absolute Gasteiger partial charge is 0.353 e. The molecule has 4 aliphatic rings. The van der Waals surface area contributed by atoms with Crippen LogP contribution in [0.3, 0.4) is 0 Å². The molecule has 0 aromatic carbocycles. The standard InChI is InChI=1S/C23H33N9O5S/c1-11-19-18(12(2)27-16(33)9-31-10-26-28-29-31)22(35)32(19)20(23(36)37)21(11)38-15-5-14(25-7-15)6-17(34)30-4-3-13(24)8-30/h10-15,18-19,25H,3-9,24H2,1-2H3,(H,27,33)(H,36,37)/t11-,12-,13+,14+,15+,18-,19-/m1/s1. The lowest BCUT2D eigenvalue weighted by Gasteiger charge is -2.47. The van der Waals surface area contributed by atoms with Crippen LogP contribution in [0.25, 0.3) is 0 Å². The Morgan fingerprint density at radius 2 is 2.16 bits per heavy atom. The van der Waals surface area contributed by atoms with Crippen LogP contribution in [-0.2, 0) is 25.7 Å². The molecule has 5 heterocycles. The van der Waals surface area contributed by atoms with Crippen LogP contribution in [0.2, 0.25) is 0 Å². The summed E-state index contributed by atoms with van der Waals surface area (Å²) in [6.07, 6.45) is 3.27. The molecule has 1 aromatic rings. The predicted molar refractivity (Wildman–Crippen MR) is 135 cm³/mol. The van der Waals surface area contributed by atoms with Gasteiger partial charge in [-0.1, -0.05) is 6.92 Å². The van der Waals surface area contributed by atoms with Gasteiger partial charge in [-0.2, -0.15) is 0 Å². The van der Waals surface area contributed by atoms with Crippen molar-refractivity contribution in [3.05, 3.63) is 16.9 Å². The van der Waals surface area contributed by atoms with Gasteiger partial charge >= 0.3 is 5.97 Å². The van der Waals surface area contributed by atoms with Crippen molar-refractivity contribution in [2.45, 2.75) is 69.1 Å². The number of nitrogens with one attached hydrogen (secondary N) is 2. The number of aromatic nitrogens is 4. The van der Waals surface area contributed by atoms with Crippen LogP contribution in [0.4, 0.5) is 0 Å². The van der Waals surface area contributed by atoms with E-state index in [0.29, 0.717) is 31.0 Å². The quantitative estimate of drug-likeness (QED) is 0.260.